The van der Waals surface area contributed by atoms with Gasteiger partial charge in [0.05, 0.1) is 39.8 Å². The maximum atomic E-state index is 12.3. The van der Waals surface area contributed by atoms with Crippen molar-refractivity contribution in [1.29, 1.82) is 0 Å². The normalized spacial score (nSPS) is 11.1. The van der Waals surface area contributed by atoms with E-state index in [9.17, 15) is 4.79 Å². The van der Waals surface area contributed by atoms with Crippen LogP contribution in [0.4, 0.5) is 0 Å². The highest BCUT2D eigenvalue weighted by Gasteiger charge is 2.21. The van der Waals surface area contributed by atoms with Crippen molar-refractivity contribution in [3.05, 3.63) is 72.3 Å². The van der Waals surface area contributed by atoms with E-state index < -0.39 is 5.97 Å². The number of aromatic nitrogens is 2. The first-order valence-electron chi connectivity index (χ1n) is 8.76. The average Bonchev–Trinajstić information content (AvgIpc) is 3.29. The Balaban J connectivity index is 2.01. The van der Waals surface area contributed by atoms with Crippen LogP contribution in [-0.4, -0.2) is 42.6 Å². The first-order valence-corrected chi connectivity index (χ1v) is 8.76. The number of nitrogens with zero attached hydrogens (tertiary/aromatic N) is 3. The van der Waals surface area contributed by atoms with E-state index in [-0.39, 0.29) is 0 Å². The van der Waals surface area contributed by atoms with E-state index in [1.165, 1.54) is 14.2 Å². The van der Waals surface area contributed by atoms with Crippen LogP contribution >= 0.6 is 0 Å². The second kappa shape index (κ2) is 9.41. The van der Waals surface area contributed by atoms with Crippen molar-refractivity contribution in [3.63, 3.8) is 0 Å². The lowest BCUT2D eigenvalue weighted by molar-refractivity contribution is 0.0515. The SMILES string of the molecule is COc1ccc(/C(Cn2ccnc2)=N/OC(=O)c2ccccc2)c(OC)c1OC. The molecule has 0 spiro atoms. The zero-order valence-electron chi connectivity index (χ0n) is 16.4. The number of ether oxygens (including phenoxy) is 3. The zero-order chi connectivity index (χ0) is 20.6. The van der Waals surface area contributed by atoms with Crippen LogP contribution in [0.2, 0.25) is 0 Å². The molecule has 0 fully saturated rings. The molecule has 0 saturated carbocycles. The summed E-state index contributed by atoms with van der Waals surface area (Å²) >= 11 is 0. The molecule has 0 unspecified atom stereocenters. The molecule has 0 aliphatic heterocycles. The van der Waals surface area contributed by atoms with E-state index in [1.807, 2.05) is 6.07 Å². The molecule has 0 saturated heterocycles. The summed E-state index contributed by atoms with van der Waals surface area (Å²) in [5.74, 6) is 0.784. The van der Waals surface area contributed by atoms with Gasteiger partial charge in [0, 0.05) is 18.0 Å². The van der Waals surface area contributed by atoms with Crippen LogP contribution in [0.3, 0.4) is 0 Å². The molecular weight excluding hydrogens is 374 g/mol. The molecule has 8 heteroatoms. The average molecular weight is 395 g/mol. The van der Waals surface area contributed by atoms with Crippen molar-refractivity contribution in [2.45, 2.75) is 6.54 Å². The molecule has 3 aromatic rings. The summed E-state index contributed by atoms with van der Waals surface area (Å²) in [6.45, 7) is 0.300. The molecule has 0 radical (unpaired) electrons. The van der Waals surface area contributed by atoms with Crippen LogP contribution in [0.15, 0.2) is 66.3 Å². The molecule has 0 aliphatic carbocycles. The molecule has 0 amide bonds. The molecule has 29 heavy (non-hydrogen) atoms. The second-order valence-corrected chi connectivity index (χ2v) is 5.90. The van der Waals surface area contributed by atoms with Crippen LogP contribution in [0, 0.1) is 0 Å². The topological polar surface area (TPSA) is 84.2 Å². The maximum absolute atomic E-state index is 12.3. The van der Waals surface area contributed by atoms with Crippen molar-refractivity contribution in [1.82, 2.24) is 9.55 Å². The summed E-state index contributed by atoms with van der Waals surface area (Å²) in [6.07, 6.45) is 5.07. The Morgan fingerprint density at radius 2 is 1.76 bits per heavy atom. The number of methoxy groups -OCH3 is 3. The molecule has 1 heterocycles. The van der Waals surface area contributed by atoms with E-state index in [0.29, 0.717) is 40.6 Å². The monoisotopic (exact) mass is 395 g/mol. The third-order valence-corrected chi connectivity index (χ3v) is 4.15. The van der Waals surface area contributed by atoms with Crippen molar-refractivity contribution in [2.24, 2.45) is 5.16 Å². The highest BCUT2D eigenvalue weighted by atomic mass is 16.7. The first kappa shape index (κ1) is 19.9. The highest BCUT2D eigenvalue weighted by molar-refractivity contribution is 6.04. The Morgan fingerprint density at radius 3 is 2.38 bits per heavy atom. The Kier molecular flexibility index (Phi) is 6.47. The van der Waals surface area contributed by atoms with Crippen molar-refractivity contribution in [2.75, 3.05) is 21.3 Å². The van der Waals surface area contributed by atoms with Gasteiger partial charge in [0.1, 0.15) is 5.71 Å². The van der Waals surface area contributed by atoms with Crippen LogP contribution in [-0.2, 0) is 11.4 Å². The highest BCUT2D eigenvalue weighted by Crippen LogP contribution is 2.40. The number of carbonyl (C=O) groups excluding carboxylic acids is 1. The molecule has 0 atom stereocenters. The Morgan fingerprint density at radius 1 is 1.00 bits per heavy atom. The molecular formula is C21H21N3O5. The van der Waals surface area contributed by atoms with E-state index in [2.05, 4.69) is 10.1 Å². The van der Waals surface area contributed by atoms with Crippen molar-refractivity contribution < 1.29 is 23.8 Å². The van der Waals surface area contributed by atoms with Gasteiger partial charge < -0.3 is 23.6 Å². The summed E-state index contributed by atoms with van der Waals surface area (Å²) in [5.41, 5.74) is 1.45. The Bertz CT molecular complexity index is 985. The summed E-state index contributed by atoms with van der Waals surface area (Å²) in [4.78, 5) is 21.6. The summed E-state index contributed by atoms with van der Waals surface area (Å²) in [6, 6.07) is 12.1. The maximum Gasteiger partial charge on any atom is 0.365 e. The van der Waals surface area contributed by atoms with E-state index in [1.54, 1.807) is 66.8 Å². The van der Waals surface area contributed by atoms with Gasteiger partial charge in [0.2, 0.25) is 5.75 Å². The van der Waals surface area contributed by atoms with Crippen LogP contribution < -0.4 is 14.2 Å². The third-order valence-electron chi connectivity index (χ3n) is 4.15. The smallest absolute Gasteiger partial charge is 0.365 e. The summed E-state index contributed by atoms with van der Waals surface area (Å²) in [5, 5.41) is 4.13. The molecule has 0 aliphatic rings. The summed E-state index contributed by atoms with van der Waals surface area (Å²) in [7, 11) is 4.58. The fourth-order valence-electron chi connectivity index (χ4n) is 2.77. The number of rotatable bonds is 8. The van der Waals surface area contributed by atoms with E-state index in [4.69, 9.17) is 19.0 Å². The Hall–Kier alpha value is -3.81. The molecule has 8 nitrogen and oxygen atoms in total. The van der Waals surface area contributed by atoms with Gasteiger partial charge in [-0.05, 0) is 24.3 Å². The number of imidazole rings is 1. The van der Waals surface area contributed by atoms with Gasteiger partial charge in [-0.3, -0.25) is 0 Å². The number of benzene rings is 2. The van der Waals surface area contributed by atoms with Gasteiger partial charge in [-0.2, -0.15) is 0 Å². The van der Waals surface area contributed by atoms with E-state index in [0.717, 1.165) is 0 Å². The van der Waals surface area contributed by atoms with Crippen LogP contribution in [0.25, 0.3) is 0 Å². The van der Waals surface area contributed by atoms with Crippen molar-refractivity contribution >= 4 is 11.7 Å². The minimum atomic E-state index is -0.562. The van der Waals surface area contributed by atoms with Gasteiger partial charge >= 0.3 is 5.97 Å². The van der Waals surface area contributed by atoms with Crippen LogP contribution in [0.1, 0.15) is 15.9 Å². The fraction of sp³-hybridized carbons (Fsp3) is 0.190. The zero-order valence-corrected chi connectivity index (χ0v) is 16.4. The largest absolute Gasteiger partial charge is 0.493 e. The number of hydrogen-bond acceptors (Lipinski definition) is 7. The van der Waals surface area contributed by atoms with Crippen LogP contribution in [0.5, 0.6) is 17.2 Å². The standard InChI is InChI=1S/C21H21N3O5/c1-26-18-10-9-16(19(27-2)20(18)28-3)17(13-24-12-11-22-14-24)23-29-21(25)15-7-5-4-6-8-15/h4-12,14H,13H2,1-3H3/b23-17+. The molecule has 0 bridgehead atoms. The molecule has 150 valence electrons. The predicted molar refractivity (Wildman–Crippen MR) is 107 cm³/mol. The Labute approximate surface area is 168 Å². The molecule has 3 rings (SSSR count). The summed E-state index contributed by atoms with van der Waals surface area (Å²) < 4.78 is 18.1. The number of hydrogen-bond donors (Lipinski definition) is 0. The third kappa shape index (κ3) is 4.55. The number of oxime groups is 1. The quantitative estimate of drug-likeness (QED) is 0.331. The van der Waals surface area contributed by atoms with Gasteiger partial charge in [-0.1, -0.05) is 23.4 Å². The van der Waals surface area contributed by atoms with E-state index >= 15 is 0 Å². The first-order chi connectivity index (χ1) is 14.2. The molecule has 1 aromatic heterocycles. The lowest BCUT2D eigenvalue weighted by Gasteiger charge is -2.17. The van der Waals surface area contributed by atoms with Gasteiger partial charge in [0.15, 0.2) is 11.5 Å². The minimum absolute atomic E-state index is 0.300. The minimum Gasteiger partial charge on any atom is -0.493 e. The fourth-order valence-corrected chi connectivity index (χ4v) is 2.77. The predicted octanol–water partition coefficient (Wildman–Crippen LogP) is 3.17. The lowest BCUT2D eigenvalue weighted by Crippen LogP contribution is -2.14. The molecule has 0 N–H and O–H groups in total. The lowest BCUT2D eigenvalue weighted by atomic mass is 10.1. The van der Waals surface area contributed by atoms with Gasteiger partial charge in [-0.15, -0.1) is 0 Å². The van der Waals surface area contributed by atoms with Gasteiger partial charge in [-0.25, -0.2) is 9.78 Å². The molecule has 2 aromatic carbocycles. The number of carbonyl (C=O) groups is 1. The van der Waals surface area contributed by atoms with Crippen molar-refractivity contribution in [3.8, 4) is 17.2 Å². The second-order valence-electron chi connectivity index (χ2n) is 5.90. The van der Waals surface area contributed by atoms with Gasteiger partial charge in [0.25, 0.3) is 0 Å².